The molecule has 70 valence electrons. The Morgan fingerprint density at radius 1 is 1.25 bits per heavy atom. The van der Waals surface area contributed by atoms with Crippen molar-refractivity contribution in [1.29, 1.82) is 0 Å². The van der Waals surface area contributed by atoms with Crippen molar-refractivity contribution in [1.82, 2.24) is 0 Å². The van der Waals surface area contributed by atoms with Gasteiger partial charge in [-0.1, -0.05) is 6.58 Å². The van der Waals surface area contributed by atoms with E-state index in [1.165, 1.54) is 0 Å². The number of aliphatic hydroxyl groups excluding tert-OH is 4. The van der Waals surface area contributed by atoms with Gasteiger partial charge in [-0.3, -0.25) is 0 Å². The van der Waals surface area contributed by atoms with Crippen LogP contribution in [-0.2, 0) is 4.74 Å². The highest BCUT2D eigenvalue weighted by Gasteiger charge is 2.39. The third-order valence-electron chi connectivity index (χ3n) is 1.87. The molecule has 5 nitrogen and oxygen atoms in total. The van der Waals surface area contributed by atoms with Gasteiger partial charge in [0.25, 0.3) is 0 Å². The second kappa shape index (κ2) is 3.40. The SMILES string of the molecule is C=C1O[C@H](CO)[C@@H](O)[C@H](O)[C@@H]1O. The molecule has 0 radical (unpaired) electrons. The predicted octanol–water partition coefficient (Wildman–Crippen LogP) is -2.03. The normalized spacial score (nSPS) is 42.5. The largest absolute Gasteiger partial charge is 0.487 e. The fraction of sp³-hybridized carbons (Fsp3) is 0.714. The Labute approximate surface area is 69.5 Å². The summed E-state index contributed by atoms with van der Waals surface area (Å²) >= 11 is 0. The summed E-state index contributed by atoms with van der Waals surface area (Å²) in [6.07, 6.45) is -4.82. The Kier molecular flexibility index (Phi) is 2.69. The van der Waals surface area contributed by atoms with Crippen LogP contribution in [0.3, 0.4) is 0 Å². The van der Waals surface area contributed by atoms with Gasteiger partial charge in [-0.25, -0.2) is 0 Å². The molecule has 12 heavy (non-hydrogen) atoms. The minimum absolute atomic E-state index is 0.0353. The van der Waals surface area contributed by atoms with Crippen molar-refractivity contribution in [2.45, 2.75) is 24.4 Å². The Hall–Kier alpha value is -0.620. The fourth-order valence-electron chi connectivity index (χ4n) is 1.08. The number of hydrogen-bond acceptors (Lipinski definition) is 5. The van der Waals surface area contributed by atoms with Crippen molar-refractivity contribution in [3.63, 3.8) is 0 Å². The molecule has 0 aromatic carbocycles. The highest BCUT2D eigenvalue weighted by Crippen LogP contribution is 2.21. The third-order valence-corrected chi connectivity index (χ3v) is 1.87. The van der Waals surface area contributed by atoms with Crippen LogP contribution in [0.15, 0.2) is 12.3 Å². The lowest BCUT2D eigenvalue weighted by molar-refractivity contribution is -0.164. The molecule has 0 aliphatic carbocycles. The highest BCUT2D eigenvalue weighted by atomic mass is 16.5. The van der Waals surface area contributed by atoms with Gasteiger partial charge in [-0.15, -0.1) is 0 Å². The monoisotopic (exact) mass is 176 g/mol. The molecule has 4 N–H and O–H groups in total. The first-order chi connectivity index (χ1) is 5.57. The summed E-state index contributed by atoms with van der Waals surface area (Å²) in [5.74, 6) is -0.0353. The summed E-state index contributed by atoms with van der Waals surface area (Å²) in [6.45, 7) is 2.90. The molecule has 1 saturated heterocycles. The maximum absolute atomic E-state index is 9.19. The van der Waals surface area contributed by atoms with Gasteiger partial charge in [0.15, 0.2) is 0 Å². The molecule has 0 aromatic heterocycles. The third kappa shape index (κ3) is 1.44. The molecule has 0 bridgehead atoms. The molecular weight excluding hydrogens is 164 g/mol. The van der Waals surface area contributed by atoms with Crippen molar-refractivity contribution in [2.24, 2.45) is 0 Å². The van der Waals surface area contributed by atoms with E-state index < -0.39 is 31.0 Å². The summed E-state index contributed by atoms with van der Waals surface area (Å²) in [5.41, 5.74) is 0. The average molecular weight is 176 g/mol. The minimum Gasteiger partial charge on any atom is -0.487 e. The molecule has 1 rings (SSSR count). The fourth-order valence-corrected chi connectivity index (χ4v) is 1.08. The minimum atomic E-state index is -1.34. The van der Waals surface area contributed by atoms with Gasteiger partial charge in [-0.2, -0.15) is 0 Å². The topological polar surface area (TPSA) is 90.2 Å². The van der Waals surface area contributed by atoms with E-state index in [1.807, 2.05) is 0 Å². The lowest BCUT2D eigenvalue weighted by atomic mass is 9.99. The Morgan fingerprint density at radius 3 is 2.33 bits per heavy atom. The van der Waals surface area contributed by atoms with E-state index in [0.29, 0.717) is 0 Å². The summed E-state index contributed by atoms with van der Waals surface area (Å²) < 4.78 is 4.83. The van der Waals surface area contributed by atoms with E-state index >= 15 is 0 Å². The summed E-state index contributed by atoms with van der Waals surface area (Å²) in [4.78, 5) is 0. The lowest BCUT2D eigenvalue weighted by Crippen LogP contribution is -2.52. The van der Waals surface area contributed by atoms with Crippen LogP contribution in [0.1, 0.15) is 0 Å². The van der Waals surface area contributed by atoms with Gasteiger partial charge in [0.05, 0.1) is 6.61 Å². The van der Waals surface area contributed by atoms with Crippen LogP contribution >= 0.6 is 0 Å². The molecule has 4 atom stereocenters. The summed E-state index contributed by atoms with van der Waals surface area (Å²) in [5, 5.41) is 36.1. The molecule has 0 saturated carbocycles. The Balaban J connectivity index is 2.70. The van der Waals surface area contributed by atoms with Crippen LogP contribution in [0, 0.1) is 0 Å². The van der Waals surface area contributed by atoms with Crippen molar-refractivity contribution in [3.05, 3.63) is 12.3 Å². The van der Waals surface area contributed by atoms with Gasteiger partial charge < -0.3 is 25.2 Å². The maximum atomic E-state index is 9.19. The second-order valence-electron chi connectivity index (χ2n) is 2.73. The molecular formula is C7H12O5. The van der Waals surface area contributed by atoms with Gasteiger partial charge in [0.2, 0.25) is 0 Å². The van der Waals surface area contributed by atoms with E-state index in [0.717, 1.165) is 0 Å². The van der Waals surface area contributed by atoms with Gasteiger partial charge in [0.1, 0.15) is 30.2 Å². The lowest BCUT2D eigenvalue weighted by Gasteiger charge is -2.35. The average Bonchev–Trinajstić information content (AvgIpc) is 2.08. The number of aliphatic hydroxyl groups is 4. The molecule has 0 unspecified atom stereocenters. The molecule has 1 aliphatic heterocycles. The van der Waals surface area contributed by atoms with Crippen LogP contribution in [0.2, 0.25) is 0 Å². The number of hydrogen-bond donors (Lipinski definition) is 4. The molecule has 0 amide bonds. The molecule has 5 heteroatoms. The Morgan fingerprint density at radius 2 is 1.83 bits per heavy atom. The van der Waals surface area contributed by atoms with Crippen LogP contribution in [-0.4, -0.2) is 51.4 Å². The van der Waals surface area contributed by atoms with Crippen molar-refractivity contribution >= 4 is 0 Å². The number of rotatable bonds is 1. The molecule has 0 spiro atoms. The molecule has 0 aromatic rings. The van der Waals surface area contributed by atoms with Crippen LogP contribution < -0.4 is 0 Å². The van der Waals surface area contributed by atoms with Gasteiger partial charge in [-0.05, 0) is 0 Å². The summed E-state index contributed by atoms with van der Waals surface area (Å²) in [6, 6.07) is 0. The van der Waals surface area contributed by atoms with E-state index in [2.05, 4.69) is 6.58 Å². The molecule has 1 fully saturated rings. The van der Waals surface area contributed by atoms with Gasteiger partial charge in [0, 0.05) is 0 Å². The van der Waals surface area contributed by atoms with E-state index in [9.17, 15) is 5.11 Å². The van der Waals surface area contributed by atoms with Gasteiger partial charge >= 0.3 is 0 Å². The highest BCUT2D eigenvalue weighted by molar-refractivity contribution is 5.04. The van der Waals surface area contributed by atoms with Crippen molar-refractivity contribution in [3.8, 4) is 0 Å². The smallest absolute Gasteiger partial charge is 0.150 e. The van der Waals surface area contributed by atoms with E-state index in [-0.39, 0.29) is 5.76 Å². The van der Waals surface area contributed by atoms with Crippen molar-refractivity contribution in [2.75, 3.05) is 6.61 Å². The van der Waals surface area contributed by atoms with Crippen molar-refractivity contribution < 1.29 is 25.2 Å². The zero-order chi connectivity index (χ0) is 9.30. The van der Waals surface area contributed by atoms with Crippen LogP contribution in [0.5, 0.6) is 0 Å². The first kappa shape index (κ1) is 9.47. The standard InChI is InChI=1S/C7H12O5/c1-3-5(9)7(11)6(10)4(2-8)12-3/h4-11H,1-2H2/t4-,5-,6-,7-/m1/s1. The molecule has 1 aliphatic rings. The Bertz CT molecular complexity index is 179. The van der Waals surface area contributed by atoms with Crippen LogP contribution in [0.25, 0.3) is 0 Å². The van der Waals surface area contributed by atoms with E-state index in [1.54, 1.807) is 0 Å². The predicted molar refractivity (Wildman–Crippen MR) is 39.1 cm³/mol. The van der Waals surface area contributed by atoms with Crippen LogP contribution in [0.4, 0.5) is 0 Å². The molecule has 1 heterocycles. The maximum Gasteiger partial charge on any atom is 0.150 e. The summed E-state index contributed by atoms with van der Waals surface area (Å²) in [7, 11) is 0. The zero-order valence-corrected chi connectivity index (χ0v) is 6.42. The second-order valence-corrected chi connectivity index (χ2v) is 2.73. The zero-order valence-electron chi connectivity index (χ0n) is 6.42. The first-order valence-corrected chi connectivity index (χ1v) is 3.58. The quantitative estimate of drug-likeness (QED) is 0.370. The first-order valence-electron chi connectivity index (χ1n) is 3.58. The number of ether oxygens (including phenoxy) is 1. The van der Waals surface area contributed by atoms with E-state index in [4.69, 9.17) is 20.1 Å².